The lowest BCUT2D eigenvalue weighted by atomic mass is 10.1. The van der Waals surface area contributed by atoms with E-state index < -0.39 is 0 Å². The first-order valence-electron chi connectivity index (χ1n) is 11.0. The molecular formula is C23H33N5O5. The normalized spacial score (nSPS) is 14.8. The van der Waals surface area contributed by atoms with E-state index in [0.29, 0.717) is 62.4 Å². The predicted molar refractivity (Wildman–Crippen MR) is 122 cm³/mol. The molecule has 33 heavy (non-hydrogen) atoms. The van der Waals surface area contributed by atoms with E-state index in [1.54, 1.807) is 26.4 Å². The number of hydrogen-bond donors (Lipinski definition) is 1. The molecule has 1 N–H and O–H groups in total. The van der Waals surface area contributed by atoms with Gasteiger partial charge >= 0.3 is 0 Å². The van der Waals surface area contributed by atoms with E-state index in [1.165, 1.54) is 0 Å². The number of amides is 2. The summed E-state index contributed by atoms with van der Waals surface area (Å²) in [7, 11) is 3.14. The SMILES string of the molecule is COc1ccc(-c2noc(CCC(=O)N3CCN(CC(=O)NC(C)(C)C)CC3)n2)cc1OC. The van der Waals surface area contributed by atoms with Gasteiger partial charge in [0.05, 0.1) is 20.8 Å². The zero-order valence-electron chi connectivity index (χ0n) is 20.0. The van der Waals surface area contributed by atoms with Crippen LogP contribution < -0.4 is 14.8 Å². The second-order valence-electron chi connectivity index (χ2n) is 9.04. The van der Waals surface area contributed by atoms with E-state index in [0.717, 1.165) is 5.56 Å². The molecule has 0 unspecified atom stereocenters. The molecule has 1 aliphatic rings. The summed E-state index contributed by atoms with van der Waals surface area (Å²) < 4.78 is 15.9. The van der Waals surface area contributed by atoms with Crippen molar-refractivity contribution in [2.24, 2.45) is 0 Å². The number of aromatic nitrogens is 2. The number of nitrogens with one attached hydrogen (secondary N) is 1. The topological polar surface area (TPSA) is 110 Å². The average molecular weight is 460 g/mol. The van der Waals surface area contributed by atoms with Gasteiger partial charge in [-0.25, -0.2) is 0 Å². The first-order valence-corrected chi connectivity index (χ1v) is 11.0. The number of ether oxygens (including phenoxy) is 2. The largest absolute Gasteiger partial charge is 0.493 e. The van der Waals surface area contributed by atoms with Crippen LogP contribution in [-0.2, 0) is 16.0 Å². The third-order valence-electron chi connectivity index (χ3n) is 5.27. The molecule has 0 atom stereocenters. The molecule has 1 aromatic carbocycles. The maximum absolute atomic E-state index is 12.6. The van der Waals surface area contributed by atoms with Crippen LogP contribution in [0.2, 0.25) is 0 Å². The maximum atomic E-state index is 12.6. The van der Waals surface area contributed by atoms with Crippen molar-refractivity contribution < 1.29 is 23.6 Å². The van der Waals surface area contributed by atoms with Crippen molar-refractivity contribution in [3.05, 3.63) is 24.1 Å². The summed E-state index contributed by atoms with van der Waals surface area (Å²) in [6.07, 6.45) is 0.658. The van der Waals surface area contributed by atoms with Crippen LogP contribution in [-0.4, -0.2) is 84.2 Å². The Labute approximate surface area is 194 Å². The van der Waals surface area contributed by atoms with E-state index in [4.69, 9.17) is 14.0 Å². The Kier molecular flexibility index (Phi) is 7.91. The zero-order valence-corrected chi connectivity index (χ0v) is 20.0. The first kappa shape index (κ1) is 24.5. The average Bonchev–Trinajstić information content (AvgIpc) is 3.25. The minimum absolute atomic E-state index is 0.00366. The van der Waals surface area contributed by atoms with E-state index >= 15 is 0 Å². The van der Waals surface area contributed by atoms with Crippen molar-refractivity contribution >= 4 is 11.8 Å². The maximum Gasteiger partial charge on any atom is 0.234 e. The number of piperazine rings is 1. The van der Waals surface area contributed by atoms with Crippen molar-refractivity contribution in [1.29, 1.82) is 0 Å². The molecule has 10 heteroatoms. The molecule has 0 bridgehead atoms. The van der Waals surface area contributed by atoms with Crippen LogP contribution in [0.3, 0.4) is 0 Å². The second-order valence-corrected chi connectivity index (χ2v) is 9.04. The highest BCUT2D eigenvalue weighted by Gasteiger charge is 2.24. The highest BCUT2D eigenvalue weighted by molar-refractivity contribution is 5.79. The molecule has 0 saturated carbocycles. The van der Waals surface area contributed by atoms with Crippen LogP contribution in [0.5, 0.6) is 11.5 Å². The minimum atomic E-state index is -0.247. The number of rotatable bonds is 8. The number of methoxy groups -OCH3 is 2. The van der Waals surface area contributed by atoms with Crippen molar-refractivity contribution in [3.8, 4) is 22.9 Å². The Bertz CT molecular complexity index is 960. The van der Waals surface area contributed by atoms with Gasteiger partial charge in [0.25, 0.3) is 0 Å². The van der Waals surface area contributed by atoms with Crippen LogP contribution in [0.1, 0.15) is 33.1 Å². The van der Waals surface area contributed by atoms with E-state index in [1.807, 2.05) is 31.7 Å². The van der Waals surface area contributed by atoms with E-state index in [-0.39, 0.29) is 23.8 Å². The van der Waals surface area contributed by atoms with Gasteiger partial charge in [-0.05, 0) is 39.0 Å². The highest BCUT2D eigenvalue weighted by atomic mass is 16.5. The lowest BCUT2D eigenvalue weighted by Gasteiger charge is -2.35. The number of carbonyl (C=O) groups excluding carboxylic acids is 2. The molecule has 0 spiro atoms. The lowest BCUT2D eigenvalue weighted by Crippen LogP contribution is -2.52. The quantitative estimate of drug-likeness (QED) is 0.636. The van der Waals surface area contributed by atoms with Gasteiger partial charge in [0.15, 0.2) is 11.5 Å². The molecule has 1 aliphatic heterocycles. The molecule has 1 fully saturated rings. The second kappa shape index (κ2) is 10.7. The Morgan fingerprint density at radius 3 is 2.42 bits per heavy atom. The fraction of sp³-hybridized carbons (Fsp3) is 0.565. The minimum Gasteiger partial charge on any atom is -0.493 e. The van der Waals surface area contributed by atoms with E-state index in [2.05, 4.69) is 20.4 Å². The Morgan fingerprint density at radius 2 is 1.79 bits per heavy atom. The molecule has 180 valence electrons. The molecule has 1 aromatic heterocycles. The molecule has 2 heterocycles. The summed E-state index contributed by atoms with van der Waals surface area (Å²) >= 11 is 0. The van der Waals surface area contributed by atoms with Crippen molar-refractivity contribution in [2.45, 2.75) is 39.2 Å². The molecule has 0 radical (unpaired) electrons. The first-order chi connectivity index (χ1) is 15.7. The van der Waals surface area contributed by atoms with Crippen LogP contribution in [0.15, 0.2) is 22.7 Å². The number of hydrogen-bond acceptors (Lipinski definition) is 8. The molecule has 2 amide bonds. The monoisotopic (exact) mass is 459 g/mol. The van der Waals surface area contributed by atoms with Crippen molar-refractivity contribution in [2.75, 3.05) is 46.9 Å². The number of benzene rings is 1. The summed E-state index contributed by atoms with van der Waals surface area (Å²) in [5.74, 6) is 2.08. The summed E-state index contributed by atoms with van der Waals surface area (Å²) in [5.41, 5.74) is 0.490. The van der Waals surface area contributed by atoms with Gasteiger partial charge in [-0.3, -0.25) is 14.5 Å². The van der Waals surface area contributed by atoms with Crippen LogP contribution >= 0.6 is 0 Å². The summed E-state index contributed by atoms with van der Waals surface area (Å²) in [5, 5.41) is 6.99. The van der Waals surface area contributed by atoms with Crippen LogP contribution in [0, 0.1) is 0 Å². The molecule has 3 rings (SSSR count). The Balaban J connectivity index is 1.47. The van der Waals surface area contributed by atoms with Gasteiger partial charge < -0.3 is 24.2 Å². The Morgan fingerprint density at radius 1 is 1.09 bits per heavy atom. The predicted octanol–water partition coefficient (Wildman–Crippen LogP) is 1.75. The smallest absolute Gasteiger partial charge is 0.234 e. The molecular weight excluding hydrogens is 426 g/mol. The lowest BCUT2D eigenvalue weighted by molar-refractivity contribution is -0.133. The number of nitrogens with zero attached hydrogens (tertiary/aromatic N) is 4. The van der Waals surface area contributed by atoms with Crippen LogP contribution in [0.25, 0.3) is 11.4 Å². The number of carbonyl (C=O) groups is 2. The van der Waals surface area contributed by atoms with Gasteiger partial charge in [0, 0.05) is 50.1 Å². The van der Waals surface area contributed by atoms with Gasteiger partial charge in [-0.2, -0.15) is 4.98 Å². The zero-order chi connectivity index (χ0) is 24.0. The molecule has 0 aliphatic carbocycles. The van der Waals surface area contributed by atoms with Gasteiger partial charge in [-0.1, -0.05) is 5.16 Å². The summed E-state index contributed by atoms with van der Waals surface area (Å²) in [6, 6.07) is 5.38. The van der Waals surface area contributed by atoms with Gasteiger partial charge in [-0.15, -0.1) is 0 Å². The molecule has 2 aromatic rings. The van der Waals surface area contributed by atoms with Crippen molar-refractivity contribution in [3.63, 3.8) is 0 Å². The van der Waals surface area contributed by atoms with E-state index in [9.17, 15) is 9.59 Å². The molecule has 10 nitrogen and oxygen atoms in total. The Hall–Kier alpha value is -3.14. The fourth-order valence-electron chi connectivity index (χ4n) is 3.64. The standard InChI is InChI=1S/C23H33N5O5/c1-23(2,3)25-19(29)15-27-10-12-28(13-11-27)21(30)9-8-20-24-22(26-33-20)16-6-7-17(31-4)18(14-16)32-5/h6-7,14H,8-13,15H2,1-5H3,(H,25,29). The van der Waals surface area contributed by atoms with Crippen molar-refractivity contribution in [1.82, 2.24) is 25.3 Å². The number of aryl methyl sites for hydroxylation is 1. The van der Waals surface area contributed by atoms with Crippen LogP contribution in [0.4, 0.5) is 0 Å². The summed E-state index contributed by atoms with van der Waals surface area (Å²) in [4.78, 5) is 33.0. The van der Waals surface area contributed by atoms with Gasteiger partial charge in [0.2, 0.25) is 23.5 Å². The summed E-state index contributed by atoms with van der Waals surface area (Å²) in [6.45, 7) is 8.77. The fourth-order valence-corrected chi connectivity index (χ4v) is 3.64. The molecule has 1 saturated heterocycles. The highest BCUT2D eigenvalue weighted by Crippen LogP contribution is 2.31. The third kappa shape index (κ3) is 6.92. The van der Waals surface area contributed by atoms with Gasteiger partial charge in [0.1, 0.15) is 0 Å². The third-order valence-corrected chi connectivity index (χ3v) is 5.27.